The Balaban J connectivity index is 1.60. The molecule has 0 atom stereocenters. The molecule has 0 aliphatic rings. The number of aldehydes is 1. The second-order valence-electron chi connectivity index (χ2n) is 9.81. The summed E-state index contributed by atoms with van der Waals surface area (Å²) < 4.78 is 37.0. The number of carbonyl (C=O) groups excluding carboxylic acids is 2. The van der Waals surface area contributed by atoms with E-state index in [1.807, 2.05) is 97.9 Å². The van der Waals surface area contributed by atoms with Crippen LogP contribution in [-0.2, 0) is 35.9 Å². The van der Waals surface area contributed by atoms with Gasteiger partial charge >= 0.3 is 6.09 Å². The van der Waals surface area contributed by atoms with Crippen molar-refractivity contribution in [2.75, 3.05) is 19.7 Å². The Kier molecular flexibility index (Phi) is 10.6. The highest BCUT2D eigenvalue weighted by Gasteiger charge is 2.36. The molecule has 42 heavy (non-hydrogen) atoms. The first-order valence-electron chi connectivity index (χ1n) is 13.6. The summed E-state index contributed by atoms with van der Waals surface area (Å²) in [4.78, 5) is 24.6. The van der Waals surface area contributed by atoms with Gasteiger partial charge in [0.05, 0.1) is 18.0 Å². The Labute approximate surface area is 247 Å². The first kappa shape index (κ1) is 30.6. The van der Waals surface area contributed by atoms with E-state index in [9.17, 15) is 18.0 Å². The van der Waals surface area contributed by atoms with Crippen LogP contribution >= 0.6 is 0 Å². The lowest BCUT2D eigenvalue weighted by atomic mass is 9.72. The van der Waals surface area contributed by atoms with Crippen molar-refractivity contribution in [1.29, 1.82) is 0 Å². The Morgan fingerprint density at radius 2 is 1.38 bits per heavy atom. The number of aryl methyl sites for hydroxylation is 1. The second kappa shape index (κ2) is 14.5. The molecule has 8 nitrogen and oxygen atoms in total. The predicted octanol–water partition coefficient (Wildman–Crippen LogP) is 5.42. The normalized spacial score (nSPS) is 11.5. The lowest BCUT2D eigenvalue weighted by molar-refractivity contribution is -0.109. The molecule has 0 aromatic heterocycles. The van der Waals surface area contributed by atoms with Gasteiger partial charge in [-0.2, -0.15) is 8.42 Å². The minimum Gasteiger partial charge on any atom is -0.444 e. The molecule has 0 aliphatic heterocycles. The molecular weight excluding hydrogens is 552 g/mol. The molecule has 0 unspecified atom stereocenters. The van der Waals surface area contributed by atoms with Crippen LogP contribution in [0.3, 0.4) is 0 Å². The van der Waals surface area contributed by atoms with Gasteiger partial charge in [0.15, 0.2) is 0 Å². The van der Waals surface area contributed by atoms with Crippen LogP contribution in [0.15, 0.2) is 120 Å². The number of carbonyl (C=O) groups is 2. The van der Waals surface area contributed by atoms with Gasteiger partial charge in [-0.15, -0.1) is 0 Å². The molecular formula is C33H34N2O6S. The van der Waals surface area contributed by atoms with E-state index in [2.05, 4.69) is 5.43 Å². The minimum atomic E-state index is -4.00. The van der Waals surface area contributed by atoms with Crippen LogP contribution in [0.25, 0.3) is 0 Å². The summed E-state index contributed by atoms with van der Waals surface area (Å²) in [7, 11) is -4.00. The van der Waals surface area contributed by atoms with Crippen molar-refractivity contribution in [3.8, 4) is 0 Å². The van der Waals surface area contributed by atoms with Gasteiger partial charge in [-0.1, -0.05) is 109 Å². The van der Waals surface area contributed by atoms with E-state index in [1.165, 1.54) is 12.1 Å². The van der Waals surface area contributed by atoms with Gasteiger partial charge in [-0.05, 0) is 42.2 Å². The summed E-state index contributed by atoms with van der Waals surface area (Å²) in [6, 6.07) is 34.9. The predicted molar refractivity (Wildman–Crippen MR) is 160 cm³/mol. The molecule has 0 bridgehead atoms. The highest BCUT2D eigenvalue weighted by atomic mass is 32.2. The molecule has 4 aromatic rings. The van der Waals surface area contributed by atoms with E-state index in [1.54, 1.807) is 12.1 Å². The highest BCUT2D eigenvalue weighted by Crippen LogP contribution is 2.36. The molecule has 218 valence electrons. The lowest BCUT2D eigenvalue weighted by Crippen LogP contribution is -2.51. The van der Waals surface area contributed by atoms with Gasteiger partial charge in [0.2, 0.25) is 0 Å². The zero-order chi connectivity index (χ0) is 29.8. The van der Waals surface area contributed by atoms with Crippen molar-refractivity contribution in [2.24, 2.45) is 0 Å². The monoisotopic (exact) mass is 586 g/mol. The molecule has 0 fully saturated rings. The standard InChI is InChI=1S/C33H34N2O6S/c1-27-17-19-31(20-18-27)42(38,39)41-24-21-33(29-13-7-3-8-14-29,30-15-9-4-10-16-30)26-34-35(22-23-36)32(37)40-25-28-11-5-2-6-12-28/h2-20,23,34H,21-22,24-26H2,1H3. The zero-order valence-corrected chi connectivity index (χ0v) is 24.2. The zero-order valence-electron chi connectivity index (χ0n) is 23.4. The fourth-order valence-corrected chi connectivity index (χ4v) is 5.57. The number of rotatable bonds is 14. The number of ether oxygens (including phenoxy) is 1. The molecule has 4 aromatic carbocycles. The third-order valence-electron chi connectivity index (χ3n) is 6.98. The Morgan fingerprint density at radius 3 is 1.93 bits per heavy atom. The third kappa shape index (κ3) is 7.91. The van der Waals surface area contributed by atoms with Crippen LogP contribution in [0.1, 0.15) is 28.7 Å². The number of benzene rings is 4. The largest absolute Gasteiger partial charge is 0.444 e. The minimum absolute atomic E-state index is 0.0456. The van der Waals surface area contributed by atoms with Crippen LogP contribution in [0.4, 0.5) is 4.79 Å². The molecule has 0 saturated heterocycles. The average molecular weight is 587 g/mol. The number of nitrogens with one attached hydrogen (secondary N) is 1. The third-order valence-corrected chi connectivity index (χ3v) is 8.31. The molecule has 1 amide bonds. The molecule has 0 aliphatic carbocycles. The number of amides is 1. The van der Waals surface area contributed by atoms with Crippen molar-refractivity contribution in [3.05, 3.63) is 138 Å². The van der Waals surface area contributed by atoms with E-state index < -0.39 is 21.6 Å². The fourth-order valence-electron chi connectivity index (χ4n) is 4.67. The fraction of sp³-hybridized carbons (Fsp3) is 0.212. The van der Waals surface area contributed by atoms with Gasteiger partial charge in [-0.25, -0.2) is 15.2 Å². The van der Waals surface area contributed by atoms with Crippen molar-refractivity contribution in [1.82, 2.24) is 10.4 Å². The maximum atomic E-state index is 13.0. The van der Waals surface area contributed by atoms with Crippen molar-refractivity contribution < 1.29 is 26.9 Å². The Bertz CT molecular complexity index is 1490. The van der Waals surface area contributed by atoms with E-state index in [0.29, 0.717) is 6.29 Å². The van der Waals surface area contributed by atoms with Crippen molar-refractivity contribution in [2.45, 2.75) is 30.3 Å². The number of hydrogen-bond donors (Lipinski definition) is 1. The summed E-state index contributed by atoms with van der Waals surface area (Å²) in [6.07, 6.45) is 0.146. The topological polar surface area (TPSA) is 102 Å². The van der Waals surface area contributed by atoms with Gasteiger partial charge in [-0.3, -0.25) is 4.18 Å². The van der Waals surface area contributed by atoms with Gasteiger partial charge in [0, 0.05) is 12.0 Å². The average Bonchev–Trinajstić information content (AvgIpc) is 3.02. The molecule has 0 heterocycles. The smallest absolute Gasteiger partial charge is 0.424 e. The highest BCUT2D eigenvalue weighted by molar-refractivity contribution is 7.86. The lowest BCUT2D eigenvalue weighted by Gasteiger charge is -2.37. The van der Waals surface area contributed by atoms with Gasteiger partial charge in [0.25, 0.3) is 10.1 Å². The molecule has 0 spiro atoms. The number of hydrazine groups is 1. The summed E-state index contributed by atoms with van der Waals surface area (Å²) in [5.41, 5.74) is 5.77. The van der Waals surface area contributed by atoms with Crippen LogP contribution in [-0.4, -0.2) is 45.5 Å². The SMILES string of the molecule is Cc1ccc(S(=O)(=O)OCCC(CNN(CC=O)C(=O)OCc2ccccc2)(c2ccccc2)c2ccccc2)cc1. The van der Waals surface area contributed by atoms with Crippen LogP contribution in [0, 0.1) is 6.92 Å². The summed E-state index contributed by atoms with van der Waals surface area (Å²) in [5.74, 6) is 0. The molecule has 0 radical (unpaired) electrons. The maximum Gasteiger partial charge on any atom is 0.424 e. The molecule has 4 rings (SSSR count). The Hall–Kier alpha value is -4.31. The maximum absolute atomic E-state index is 13.0. The number of nitrogens with zero attached hydrogens (tertiary/aromatic N) is 1. The van der Waals surface area contributed by atoms with Crippen molar-refractivity contribution >= 4 is 22.5 Å². The molecule has 1 N–H and O–H groups in total. The van der Waals surface area contributed by atoms with Crippen LogP contribution < -0.4 is 5.43 Å². The number of hydrogen-bond acceptors (Lipinski definition) is 7. The van der Waals surface area contributed by atoms with E-state index in [-0.39, 0.29) is 37.6 Å². The van der Waals surface area contributed by atoms with E-state index in [0.717, 1.165) is 27.3 Å². The van der Waals surface area contributed by atoms with E-state index in [4.69, 9.17) is 8.92 Å². The van der Waals surface area contributed by atoms with Gasteiger partial charge in [0.1, 0.15) is 12.9 Å². The first-order valence-corrected chi connectivity index (χ1v) is 15.0. The van der Waals surface area contributed by atoms with Crippen LogP contribution in [0.2, 0.25) is 0 Å². The Morgan fingerprint density at radius 1 is 0.833 bits per heavy atom. The summed E-state index contributed by atoms with van der Waals surface area (Å²) in [5, 5.41) is 1.13. The van der Waals surface area contributed by atoms with Crippen molar-refractivity contribution in [3.63, 3.8) is 0 Å². The molecule has 0 saturated carbocycles. The van der Waals surface area contributed by atoms with Crippen LogP contribution in [0.5, 0.6) is 0 Å². The summed E-state index contributed by atoms with van der Waals surface area (Å²) in [6.45, 7) is 1.69. The van der Waals surface area contributed by atoms with E-state index >= 15 is 0 Å². The molecule has 9 heteroatoms. The quantitative estimate of drug-likeness (QED) is 0.120. The first-order chi connectivity index (χ1) is 20.3. The second-order valence-corrected chi connectivity index (χ2v) is 11.4. The summed E-state index contributed by atoms with van der Waals surface area (Å²) >= 11 is 0. The van der Waals surface area contributed by atoms with Gasteiger partial charge < -0.3 is 9.53 Å².